The summed E-state index contributed by atoms with van der Waals surface area (Å²) in [5, 5.41) is 0.906. The van der Waals surface area contributed by atoms with E-state index in [2.05, 4.69) is 9.97 Å². The zero-order valence-electron chi connectivity index (χ0n) is 9.62. The Morgan fingerprint density at radius 3 is 2.78 bits per heavy atom. The van der Waals surface area contributed by atoms with Crippen LogP contribution in [-0.4, -0.2) is 26.1 Å². The number of carbonyl (C=O) groups is 1. The number of para-hydroxylation sites is 1. The summed E-state index contributed by atoms with van der Waals surface area (Å²) in [5.41, 5.74) is 2.30. The molecule has 2 heterocycles. The van der Waals surface area contributed by atoms with Gasteiger partial charge in [-0.05, 0) is 6.07 Å². The average molecular weight is 245 g/mol. The minimum Gasteiger partial charge on any atom is -0.412 e. The number of carbonyl (C=O) groups excluding carboxylic acids is 1. The Kier molecular flexibility index (Phi) is 2.95. The third-order valence-corrected chi connectivity index (χ3v) is 2.48. The zero-order valence-corrected chi connectivity index (χ0v) is 9.62. The second-order valence-electron chi connectivity index (χ2n) is 3.66. The molecule has 6 nitrogen and oxygen atoms in total. The fraction of sp³-hybridized carbons (Fsp3) is 0.0833. The highest BCUT2D eigenvalue weighted by atomic mass is 16.7. The summed E-state index contributed by atoms with van der Waals surface area (Å²) in [6.45, 7) is 1.36. The number of benzene rings is 1. The van der Waals surface area contributed by atoms with Gasteiger partial charge >= 0.3 is 5.97 Å². The SMILES string of the molecule is CC(=O)On1cnc2cnc3ccccc3c21.O. The highest BCUT2D eigenvalue weighted by molar-refractivity contribution is 6.01. The molecule has 1 aromatic carbocycles. The lowest BCUT2D eigenvalue weighted by molar-refractivity contribution is -0.140. The van der Waals surface area contributed by atoms with Crippen LogP contribution in [0.2, 0.25) is 0 Å². The highest BCUT2D eigenvalue weighted by Gasteiger charge is 2.09. The lowest BCUT2D eigenvalue weighted by atomic mass is 10.2. The van der Waals surface area contributed by atoms with Gasteiger partial charge in [0.05, 0.1) is 11.7 Å². The van der Waals surface area contributed by atoms with Gasteiger partial charge in [0.25, 0.3) is 0 Å². The maximum atomic E-state index is 11.0. The number of hydrogen-bond donors (Lipinski definition) is 0. The largest absolute Gasteiger partial charge is 0.412 e. The molecular formula is C12H11N3O3. The van der Waals surface area contributed by atoms with E-state index in [1.807, 2.05) is 24.3 Å². The molecule has 3 rings (SSSR count). The topological polar surface area (TPSA) is 88.5 Å². The predicted octanol–water partition coefficient (Wildman–Crippen LogP) is 0.735. The first kappa shape index (κ1) is 12.0. The first-order valence-corrected chi connectivity index (χ1v) is 5.15. The number of nitrogens with zero attached hydrogens (tertiary/aromatic N) is 3. The lowest BCUT2D eigenvalue weighted by Gasteiger charge is -2.04. The Bertz CT molecular complexity index is 721. The van der Waals surface area contributed by atoms with Crippen LogP contribution in [0.5, 0.6) is 0 Å². The van der Waals surface area contributed by atoms with Gasteiger partial charge in [-0.25, -0.2) is 9.78 Å². The molecule has 0 unspecified atom stereocenters. The van der Waals surface area contributed by atoms with Gasteiger partial charge in [0.1, 0.15) is 17.4 Å². The second-order valence-corrected chi connectivity index (χ2v) is 3.66. The van der Waals surface area contributed by atoms with Crippen LogP contribution < -0.4 is 4.84 Å². The maximum absolute atomic E-state index is 11.0. The molecular weight excluding hydrogens is 234 g/mol. The summed E-state index contributed by atoms with van der Waals surface area (Å²) in [6.07, 6.45) is 3.14. The van der Waals surface area contributed by atoms with Crippen LogP contribution in [0.25, 0.3) is 21.9 Å². The lowest BCUT2D eigenvalue weighted by Crippen LogP contribution is -2.15. The van der Waals surface area contributed by atoms with Crippen molar-refractivity contribution in [2.75, 3.05) is 0 Å². The molecule has 0 saturated carbocycles. The molecule has 0 aliphatic rings. The summed E-state index contributed by atoms with van der Waals surface area (Å²) in [4.78, 5) is 24.5. The van der Waals surface area contributed by atoms with Crippen LogP contribution in [0.1, 0.15) is 6.92 Å². The fourth-order valence-electron chi connectivity index (χ4n) is 1.82. The third-order valence-electron chi connectivity index (χ3n) is 2.48. The van der Waals surface area contributed by atoms with Gasteiger partial charge in [0, 0.05) is 12.3 Å². The fourth-order valence-corrected chi connectivity index (χ4v) is 1.82. The number of aromatic nitrogens is 3. The standard InChI is InChI=1S/C12H9N3O2.H2O/c1-8(16)17-15-7-14-11-6-13-10-5-3-2-4-9(10)12(11)15;/h2-7H,1H3;1H2. The molecule has 2 N–H and O–H groups in total. The monoisotopic (exact) mass is 245 g/mol. The molecule has 0 radical (unpaired) electrons. The van der Waals surface area contributed by atoms with Gasteiger partial charge in [-0.2, -0.15) is 4.73 Å². The Morgan fingerprint density at radius 2 is 2.00 bits per heavy atom. The molecule has 0 aliphatic carbocycles. The van der Waals surface area contributed by atoms with Crippen molar-refractivity contribution < 1.29 is 15.1 Å². The first-order chi connectivity index (χ1) is 8.25. The van der Waals surface area contributed by atoms with Crippen molar-refractivity contribution in [2.45, 2.75) is 6.92 Å². The molecule has 0 spiro atoms. The summed E-state index contributed by atoms with van der Waals surface area (Å²) in [6, 6.07) is 7.65. The number of fused-ring (bicyclic) bond motifs is 3. The molecule has 18 heavy (non-hydrogen) atoms. The van der Waals surface area contributed by atoms with Gasteiger partial charge in [-0.1, -0.05) is 18.2 Å². The molecule has 0 fully saturated rings. The molecule has 3 aromatic rings. The Balaban J connectivity index is 0.00000120. The Labute approximate surface area is 102 Å². The summed E-state index contributed by atoms with van der Waals surface area (Å²) in [7, 11) is 0. The van der Waals surface area contributed by atoms with Gasteiger partial charge in [0.2, 0.25) is 0 Å². The minimum atomic E-state index is -0.384. The molecule has 0 amide bonds. The number of rotatable bonds is 1. The Morgan fingerprint density at radius 1 is 1.22 bits per heavy atom. The van der Waals surface area contributed by atoms with Crippen LogP contribution in [0.15, 0.2) is 36.8 Å². The van der Waals surface area contributed by atoms with Crippen molar-refractivity contribution in [1.82, 2.24) is 14.7 Å². The van der Waals surface area contributed by atoms with Gasteiger partial charge in [0.15, 0.2) is 0 Å². The maximum Gasteiger partial charge on any atom is 0.329 e. The van der Waals surface area contributed by atoms with E-state index in [0.717, 1.165) is 16.4 Å². The average Bonchev–Trinajstić information content (AvgIpc) is 2.72. The van der Waals surface area contributed by atoms with Crippen LogP contribution >= 0.6 is 0 Å². The summed E-state index contributed by atoms with van der Waals surface area (Å²) >= 11 is 0. The molecule has 6 heteroatoms. The Hall–Kier alpha value is -2.47. The molecule has 0 aliphatic heterocycles. The van der Waals surface area contributed by atoms with E-state index >= 15 is 0 Å². The minimum absolute atomic E-state index is 0. The van der Waals surface area contributed by atoms with E-state index in [9.17, 15) is 4.79 Å². The van der Waals surface area contributed by atoms with Crippen molar-refractivity contribution in [3.63, 3.8) is 0 Å². The second kappa shape index (κ2) is 4.42. The van der Waals surface area contributed by atoms with Crippen molar-refractivity contribution in [2.24, 2.45) is 0 Å². The molecule has 0 saturated heterocycles. The van der Waals surface area contributed by atoms with Crippen LogP contribution in [0.3, 0.4) is 0 Å². The molecule has 92 valence electrons. The predicted molar refractivity (Wildman–Crippen MR) is 65.9 cm³/mol. The van der Waals surface area contributed by atoms with Gasteiger partial charge in [-0.15, -0.1) is 0 Å². The number of imidazole rings is 1. The van der Waals surface area contributed by atoms with Gasteiger partial charge in [-0.3, -0.25) is 4.98 Å². The summed E-state index contributed by atoms with van der Waals surface area (Å²) < 4.78 is 1.38. The summed E-state index contributed by atoms with van der Waals surface area (Å²) in [5.74, 6) is -0.384. The smallest absolute Gasteiger partial charge is 0.329 e. The zero-order chi connectivity index (χ0) is 11.8. The van der Waals surface area contributed by atoms with Crippen LogP contribution in [-0.2, 0) is 4.79 Å². The van der Waals surface area contributed by atoms with Gasteiger partial charge < -0.3 is 10.3 Å². The normalized spacial score (nSPS) is 10.3. The van der Waals surface area contributed by atoms with Crippen molar-refractivity contribution in [3.05, 3.63) is 36.8 Å². The van der Waals surface area contributed by atoms with Crippen LogP contribution in [0.4, 0.5) is 0 Å². The molecule has 2 aromatic heterocycles. The number of hydrogen-bond acceptors (Lipinski definition) is 4. The molecule has 0 bridgehead atoms. The van der Waals surface area contributed by atoms with E-state index in [1.165, 1.54) is 18.0 Å². The van der Waals surface area contributed by atoms with E-state index in [1.54, 1.807) is 6.20 Å². The van der Waals surface area contributed by atoms with E-state index in [0.29, 0.717) is 5.52 Å². The van der Waals surface area contributed by atoms with Crippen LogP contribution in [0, 0.1) is 0 Å². The quantitative estimate of drug-likeness (QED) is 0.632. The number of pyridine rings is 1. The third kappa shape index (κ3) is 1.78. The van der Waals surface area contributed by atoms with Crippen molar-refractivity contribution in [1.29, 1.82) is 0 Å². The highest BCUT2D eigenvalue weighted by Crippen LogP contribution is 2.21. The molecule has 0 atom stereocenters. The van der Waals surface area contributed by atoms with E-state index < -0.39 is 0 Å². The van der Waals surface area contributed by atoms with E-state index in [4.69, 9.17) is 4.84 Å². The van der Waals surface area contributed by atoms with Crippen molar-refractivity contribution >= 4 is 27.9 Å². The first-order valence-electron chi connectivity index (χ1n) is 5.15. The van der Waals surface area contributed by atoms with Crippen molar-refractivity contribution in [3.8, 4) is 0 Å². The van der Waals surface area contributed by atoms with E-state index in [-0.39, 0.29) is 11.4 Å².